The highest BCUT2D eigenvalue weighted by molar-refractivity contribution is 6.36. The SMILES string of the molecule is O=C(COC(=O)c1c2c(nc3ccccc13)CCC2)Nc1ccc(Cl)cc1Cl. The molecule has 142 valence electrons. The molecule has 0 fully saturated rings. The van der Waals surface area contributed by atoms with E-state index in [2.05, 4.69) is 10.3 Å². The van der Waals surface area contributed by atoms with Gasteiger partial charge in [0.15, 0.2) is 6.61 Å². The number of hydrogen-bond acceptors (Lipinski definition) is 4. The molecule has 5 nitrogen and oxygen atoms in total. The molecule has 1 heterocycles. The Morgan fingerprint density at radius 2 is 1.93 bits per heavy atom. The number of halogens is 2. The van der Waals surface area contributed by atoms with Crippen molar-refractivity contribution in [2.24, 2.45) is 0 Å². The third-order valence-electron chi connectivity index (χ3n) is 4.66. The number of nitrogens with zero attached hydrogens (tertiary/aromatic N) is 1. The number of para-hydroxylation sites is 1. The number of aromatic nitrogens is 1. The van der Waals surface area contributed by atoms with Crippen molar-refractivity contribution >= 4 is 51.7 Å². The summed E-state index contributed by atoms with van der Waals surface area (Å²) < 4.78 is 5.31. The molecule has 28 heavy (non-hydrogen) atoms. The van der Waals surface area contributed by atoms with Crippen LogP contribution in [0.2, 0.25) is 10.0 Å². The van der Waals surface area contributed by atoms with Crippen molar-refractivity contribution in [1.29, 1.82) is 0 Å². The molecule has 1 aliphatic carbocycles. The predicted molar refractivity (Wildman–Crippen MR) is 109 cm³/mol. The quantitative estimate of drug-likeness (QED) is 0.620. The van der Waals surface area contributed by atoms with Crippen LogP contribution in [0.5, 0.6) is 0 Å². The molecule has 1 N–H and O–H groups in total. The fraction of sp³-hybridized carbons (Fsp3) is 0.190. The maximum atomic E-state index is 12.8. The lowest BCUT2D eigenvalue weighted by Crippen LogP contribution is -2.22. The number of carbonyl (C=O) groups excluding carboxylic acids is 2. The lowest BCUT2D eigenvalue weighted by Gasteiger charge is -2.12. The van der Waals surface area contributed by atoms with Crippen LogP contribution in [0.3, 0.4) is 0 Å². The first-order valence-electron chi connectivity index (χ1n) is 8.85. The second-order valence-corrected chi connectivity index (χ2v) is 7.37. The zero-order valence-corrected chi connectivity index (χ0v) is 16.3. The minimum absolute atomic E-state index is 0.310. The molecule has 7 heteroatoms. The van der Waals surface area contributed by atoms with Gasteiger partial charge >= 0.3 is 5.97 Å². The summed E-state index contributed by atoms with van der Waals surface area (Å²) in [7, 11) is 0. The zero-order chi connectivity index (χ0) is 19.7. The molecular formula is C21H16Cl2N2O3. The van der Waals surface area contributed by atoms with E-state index in [9.17, 15) is 9.59 Å². The second kappa shape index (κ2) is 7.78. The van der Waals surface area contributed by atoms with E-state index in [-0.39, 0.29) is 0 Å². The Morgan fingerprint density at radius 1 is 1.11 bits per heavy atom. The molecule has 2 aromatic carbocycles. The van der Waals surface area contributed by atoms with Crippen LogP contribution in [-0.4, -0.2) is 23.5 Å². The number of ether oxygens (including phenoxy) is 1. The van der Waals surface area contributed by atoms with Crippen LogP contribution in [0.15, 0.2) is 42.5 Å². The number of hydrogen-bond donors (Lipinski definition) is 1. The molecule has 0 saturated heterocycles. The van der Waals surface area contributed by atoms with Gasteiger partial charge in [0.05, 0.1) is 21.8 Å². The predicted octanol–water partition coefficient (Wildman–Crippen LogP) is 4.83. The van der Waals surface area contributed by atoms with Crippen molar-refractivity contribution in [2.45, 2.75) is 19.3 Å². The van der Waals surface area contributed by atoms with Gasteiger partial charge in [-0.05, 0) is 49.1 Å². The summed E-state index contributed by atoms with van der Waals surface area (Å²) >= 11 is 11.9. The van der Waals surface area contributed by atoms with E-state index in [1.54, 1.807) is 12.1 Å². The number of anilines is 1. The molecule has 1 aromatic heterocycles. The topological polar surface area (TPSA) is 68.3 Å². The molecule has 0 bridgehead atoms. The lowest BCUT2D eigenvalue weighted by molar-refractivity contribution is -0.119. The summed E-state index contributed by atoms with van der Waals surface area (Å²) in [6.45, 7) is -0.413. The molecule has 3 aromatic rings. The Kier molecular flexibility index (Phi) is 5.20. The number of pyridine rings is 1. The van der Waals surface area contributed by atoms with Crippen molar-refractivity contribution < 1.29 is 14.3 Å². The van der Waals surface area contributed by atoms with Crippen molar-refractivity contribution in [3.63, 3.8) is 0 Å². The highest BCUT2D eigenvalue weighted by Crippen LogP contribution is 2.30. The molecule has 0 saturated carbocycles. The Hall–Kier alpha value is -2.63. The van der Waals surface area contributed by atoms with Crippen LogP contribution < -0.4 is 5.32 Å². The number of amides is 1. The van der Waals surface area contributed by atoms with Crippen LogP contribution in [0.25, 0.3) is 10.9 Å². The van der Waals surface area contributed by atoms with Crippen LogP contribution in [0.4, 0.5) is 5.69 Å². The monoisotopic (exact) mass is 414 g/mol. The first kappa shape index (κ1) is 18.7. The molecule has 0 aliphatic heterocycles. The van der Waals surface area contributed by atoms with Gasteiger partial charge in [0.2, 0.25) is 0 Å². The maximum Gasteiger partial charge on any atom is 0.339 e. The van der Waals surface area contributed by atoms with E-state index in [0.717, 1.165) is 41.4 Å². The van der Waals surface area contributed by atoms with Gasteiger partial charge in [0.1, 0.15) is 0 Å². The average molecular weight is 415 g/mol. The first-order chi connectivity index (χ1) is 13.5. The van der Waals surface area contributed by atoms with Crippen LogP contribution in [0, 0.1) is 0 Å². The minimum Gasteiger partial charge on any atom is -0.452 e. The second-order valence-electron chi connectivity index (χ2n) is 6.53. The maximum absolute atomic E-state index is 12.8. The number of nitrogens with one attached hydrogen (secondary N) is 1. The van der Waals surface area contributed by atoms with Gasteiger partial charge in [0.25, 0.3) is 5.91 Å². The van der Waals surface area contributed by atoms with Crippen molar-refractivity contribution in [1.82, 2.24) is 4.98 Å². The number of carbonyl (C=O) groups is 2. The summed E-state index contributed by atoms with van der Waals surface area (Å²) in [6, 6.07) is 12.2. The zero-order valence-electron chi connectivity index (χ0n) is 14.8. The molecule has 0 unspecified atom stereocenters. The average Bonchev–Trinajstić information content (AvgIpc) is 3.14. The van der Waals surface area contributed by atoms with Gasteiger partial charge in [-0.1, -0.05) is 41.4 Å². The van der Waals surface area contributed by atoms with Crippen molar-refractivity contribution in [3.05, 3.63) is 69.3 Å². The summed E-state index contributed by atoms with van der Waals surface area (Å²) in [5.41, 5.74) is 3.53. The number of fused-ring (bicyclic) bond motifs is 2. The Morgan fingerprint density at radius 3 is 2.75 bits per heavy atom. The largest absolute Gasteiger partial charge is 0.452 e. The molecule has 0 radical (unpaired) electrons. The van der Waals surface area contributed by atoms with Crippen LogP contribution in [-0.2, 0) is 22.4 Å². The van der Waals surface area contributed by atoms with Crippen LogP contribution >= 0.6 is 23.2 Å². The van der Waals surface area contributed by atoms with E-state index >= 15 is 0 Å². The summed E-state index contributed by atoms with van der Waals surface area (Å²) in [4.78, 5) is 29.7. The van der Waals surface area contributed by atoms with Gasteiger partial charge in [-0.2, -0.15) is 0 Å². The van der Waals surface area contributed by atoms with Crippen molar-refractivity contribution in [3.8, 4) is 0 Å². The van der Waals surface area contributed by atoms with E-state index in [1.807, 2.05) is 24.3 Å². The van der Waals surface area contributed by atoms with Crippen LogP contribution in [0.1, 0.15) is 28.0 Å². The third-order valence-corrected chi connectivity index (χ3v) is 5.21. The van der Waals surface area contributed by atoms with E-state index < -0.39 is 18.5 Å². The van der Waals surface area contributed by atoms with Gasteiger partial charge in [-0.3, -0.25) is 9.78 Å². The number of aryl methyl sites for hydroxylation is 1. The molecule has 0 atom stereocenters. The lowest BCUT2D eigenvalue weighted by atomic mass is 10.0. The van der Waals surface area contributed by atoms with E-state index in [0.29, 0.717) is 21.3 Å². The Labute approximate surface area is 171 Å². The molecule has 0 spiro atoms. The Bertz CT molecular complexity index is 1100. The fourth-order valence-corrected chi connectivity index (χ4v) is 3.88. The molecule has 4 rings (SSSR count). The number of benzene rings is 2. The van der Waals surface area contributed by atoms with E-state index in [1.165, 1.54) is 6.07 Å². The number of esters is 1. The van der Waals surface area contributed by atoms with Gasteiger partial charge < -0.3 is 10.1 Å². The highest BCUT2D eigenvalue weighted by atomic mass is 35.5. The van der Waals surface area contributed by atoms with Crippen molar-refractivity contribution in [2.75, 3.05) is 11.9 Å². The summed E-state index contributed by atoms with van der Waals surface area (Å²) in [6.07, 6.45) is 2.58. The standard InChI is InChI=1S/C21H16Cl2N2O3/c22-12-8-9-18(15(23)10-12)25-19(26)11-28-21(27)20-13-4-1-2-6-16(13)24-17-7-3-5-14(17)20/h1-2,4,6,8-10H,3,5,7,11H2,(H,25,26). The van der Waals surface area contributed by atoms with Gasteiger partial charge in [-0.25, -0.2) is 4.79 Å². The minimum atomic E-state index is -0.519. The summed E-state index contributed by atoms with van der Waals surface area (Å²) in [5, 5.41) is 4.14. The normalized spacial score (nSPS) is 12.6. The molecule has 1 aliphatic rings. The fourth-order valence-electron chi connectivity index (χ4n) is 3.42. The smallest absolute Gasteiger partial charge is 0.339 e. The molecular weight excluding hydrogens is 399 g/mol. The number of rotatable bonds is 4. The van der Waals surface area contributed by atoms with Gasteiger partial charge in [-0.15, -0.1) is 0 Å². The Balaban J connectivity index is 1.52. The third kappa shape index (κ3) is 3.68. The van der Waals surface area contributed by atoms with E-state index in [4.69, 9.17) is 27.9 Å². The van der Waals surface area contributed by atoms with Gasteiger partial charge in [0, 0.05) is 16.1 Å². The summed E-state index contributed by atoms with van der Waals surface area (Å²) in [5.74, 6) is -0.998. The highest BCUT2D eigenvalue weighted by Gasteiger charge is 2.25. The first-order valence-corrected chi connectivity index (χ1v) is 9.61. The molecule has 1 amide bonds.